The monoisotopic (exact) mass is 391 g/mol. The van der Waals surface area contributed by atoms with Gasteiger partial charge in [0.25, 0.3) is 0 Å². The van der Waals surface area contributed by atoms with E-state index in [0.717, 1.165) is 34.9 Å². The molecule has 0 spiro atoms. The number of rotatable bonds is 4. The molecule has 4 nitrogen and oxygen atoms in total. The molecule has 2 bridgehead atoms. The van der Waals surface area contributed by atoms with Crippen LogP contribution in [0.4, 0.5) is 0 Å². The first-order valence-corrected chi connectivity index (χ1v) is 11.2. The smallest absolute Gasteiger partial charge is 0.144 e. The van der Waals surface area contributed by atoms with E-state index in [-0.39, 0.29) is 0 Å². The van der Waals surface area contributed by atoms with Crippen molar-refractivity contribution in [2.45, 2.75) is 64.7 Å². The number of hydrogen-bond acceptors (Lipinski definition) is 2. The molecule has 2 aromatic rings. The summed E-state index contributed by atoms with van der Waals surface area (Å²) in [7, 11) is 1.73. The molecule has 0 radical (unpaired) electrons. The molecule has 29 heavy (non-hydrogen) atoms. The predicted molar refractivity (Wildman–Crippen MR) is 121 cm³/mol. The Labute approximate surface area is 174 Å². The minimum Gasteiger partial charge on any atom is -0.494 e. The van der Waals surface area contributed by atoms with Crippen LogP contribution in [0.5, 0.6) is 5.75 Å². The van der Waals surface area contributed by atoms with Gasteiger partial charge < -0.3 is 14.7 Å². The Morgan fingerprint density at radius 1 is 1.14 bits per heavy atom. The van der Waals surface area contributed by atoms with E-state index in [0.29, 0.717) is 5.92 Å². The SMILES string of the molecule is CCC1CCCCCCCCC2=N/C(=C\c3[nH]c(-c4ccc[nH]4)cc3OC)C1=C2. The number of fused-ring (bicyclic) bond motifs is 1. The lowest BCUT2D eigenvalue weighted by atomic mass is 9.88. The predicted octanol–water partition coefficient (Wildman–Crippen LogP) is 6.90. The maximum atomic E-state index is 5.66. The van der Waals surface area contributed by atoms with Crippen molar-refractivity contribution in [3.63, 3.8) is 0 Å². The first kappa shape index (κ1) is 19.8. The molecule has 4 rings (SSSR count). The molecule has 2 aliphatic rings. The fraction of sp³-hybridized carbons (Fsp3) is 0.480. The van der Waals surface area contributed by atoms with Crippen molar-refractivity contribution in [1.29, 1.82) is 0 Å². The highest BCUT2D eigenvalue weighted by molar-refractivity contribution is 6.00. The van der Waals surface area contributed by atoms with Crippen LogP contribution in [0, 0.1) is 5.92 Å². The van der Waals surface area contributed by atoms with Gasteiger partial charge in [-0.2, -0.15) is 0 Å². The lowest BCUT2D eigenvalue weighted by Gasteiger charge is -2.17. The third-order valence-corrected chi connectivity index (χ3v) is 6.25. The summed E-state index contributed by atoms with van der Waals surface area (Å²) < 4.78 is 5.66. The van der Waals surface area contributed by atoms with Crippen molar-refractivity contribution in [2.75, 3.05) is 7.11 Å². The highest BCUT2D eigenvalue weighted by Gasteiger charge is 2.23. The van der Waals surface area contributed by atoms with Crippen LogP contribution in [-0.2, 0) is 0 Å². The van der Waals surface area contributed by atoms with Crippen molar-refractivity contribution in [1.82, 2.24) is 9.97 Å². The highest BCUT2D eigenvalue weighted by atomic mass is 16.5. The van der Waals surface area contributed by atoms with Gasteiger partial charge in [0.1, 0.15) is 5.75 Å². The second-order valence-corrected chi connectivity index (χ2v) is 8.25. The number of H-pyrrole nitrogens is 2. The van der Waals surface area contributed by atoms with E-state index in [2.05, 4.69) is 41.2 Å². The highest BCUT2D eigenvalue weighted by Crippen LogP contribution is 2.36. The Morgan fingerprint density at radius 2 is 1.97 bits per heavy atom. The molecule has 0 saturated heterocycles. The molecule has 4 heteroatoms. The molecule has 2 N–H and O–H groups in total. The molecule has 0 amide bonds. The van der Waals surface area contributed by atoms with Crippen LogP contribution in [0.1, 0.15) is 70.4 Å². The number of hydrogen-bond donors (Lipinski definition) is 2. The van der Waals surface area contributed by atoms with Crippen LogP contribution >= 0.6 is 0 Å². The normalized spacial score (nSPS) is 22.0. The molecule has 1 aliphatic heterocycles. The summed E-state index contributed by atoms with van der Waals surface area (Å²) in [5, 5.41) is 0. The minimum atomic E-state index is 0.589. The summed E-state index contributed by atoms with van der Waals surface area (Å²) in [6, 6.07) is 6.13. The largest absolute Gasteiger partial charge is 0.494 e. The van der Waals surface area contributed by atoms with E-state index in [1.54, 1.807) is 7.11 Å². The number of aromatic amines is 2. The molecule has 154 valence electrons. The Morgan fingerprint density at radius 3 is 2.72 bits per heavy atom. The maximum Gasteiger partial charge on any atom is 0.144 e. The van der Waals surface area contributed by atoms with Crippen LogP contribution in [0.25, 0.3) is 17.5 Å². The van der Waals surface area contributed by atoms with Crippen LogP contribution in [0.3, 0.4) is 0 Å². The van der Waals surface area contributed by atoms with Gasteiger partial charge in [-0.3, -0.25) is 4.99 Å². The molecule has 3 heterocycles. The van der Waals surface area contributed by atoms with Gasteiger partial charge >= 0.3 is 0 Å². The van der Waals surface area contributed by atoms with Crippen molar-refractivity contribution >= 4 is 11.8 Å². The Kier molecular flexibility index (Phi) is 6.38. The molecule has 2 aromatic heterocycles. The van der Waals surface area contributed by atoms with Crippen molar-refractivity contribution in [3.8, 4) is 17.1 Å². The van der Waals surface area contributed by atoms with E-state index in [4.69, 9.17) is 9.73 Å². The summed E-state index contributed by atoms with van der Waals surface area (Å²) >= 11 is 0. The molecular weight excluding hydrogens is 358 g/mol. The van der Waals surface area contributed by atoms with Gasteiger partial charge in [-0.05, 0) is 61.5 Å². The first-order valence-electron chi connectivity index (χ1n) is 11.2. The summed E-state index contributed by atoms with van der Waals surface area (Å²) in [6.45, 7) is 2.31. The first-order chi connectivity index (χ1) is 14.3. The zero-order chi connectivity index (χ0) is 20.1. The van der Waals surface area contributed by atoms with Gasteiger partial charge in [0.15, 0.2) is 0 Å². The van der Waals surface area contributed by atoms with E-state index in [9.17, 15) is 0 Å². The van der Waals surface area contributed by atoms with Crippen LogP contribution < -0.4 is 4.74 Å². The van der Waals surface area contributed by atoms with Gasteiger partial charge in [0.05, 0.1) is 29.9 Å². The molecule has 1 atom stereocenters. The molecule has 0 fully saturated rings. The zero-order valence-electron chi connectivity index (χ0n) is 17.8. The van der Waals surface area contributed by atoms with Crippen LogP contribution in [0.15, 0.2) is 46.7 Å². The second kappa shape index (κ2) is 9.34. The quantitative estimate of drug-likeness (QED) is 0.585. The van der Waals surface area contributed by atoms with E-state index in [1.165, 1.54) is 62.7 Å². The number of allylic oxidation sites excluding steroid dienone is 2. The minimum absolute atomic E-state index is 0.589. The number of nitrogens with zero attached hydrogens (tertiary/aromatic N) is 1. The molecule has 1 unspecified atom stereocenters. The number of aromatic nitrogens is 2. The molecule has 1 aliphatic carbocycles. The Bertz CT molecular complexity index is 899. The number of nitrogens with one attached hydrogen (secondary N) is 2. The molecule has 0 saturated carbocycles. The Balaban J connectivity index is 1.68. The van der Waals surface area contributed by atoms with Crippen molar-refractivity contribution in [3.05, 3.63) is 47.4 Å². The van der Waals surface area contributed by atoms with Crippen LogP contribution in [0.2, 0.25) is 0 Å². The van der Waals surface area contributed by atoms with Crippen molar-refractivity contribution < 1.29 is 4.74 Å². The fourth-order valence-electron chi connectivity index (χ4n) is 4.57. The van der Waals surface area contributed by atoms with Gasteiger partial charge in [-0.1, -0.05) is 39.0 Å². The zero-order valence-corrected chi connectivity index (χ0v) is 17.8. The third-order valence-electron chi connectivity index (χ3n) is 6.25. The number of ether oxygens (including phenoxy) is 1. The topological polar surface area (TPSA) is 53.2 Å². The summed E-state index contributed by atoms with van der Waals surface area (Å²) in [5.41, 5.74) is 6.86. The standard InChI is InChI=1S/C25H33N3O/c1-3-18-11-8-6-4-5-7-9-12-19-15-20(18)22(27-19)16-24-25(29-2)17-23(28-24)21-13-10-14-26-21/h10,13-18,26,28H,3-9,11-12H2,1-2H3/b22-16-. The van der Waals surface area contributed by atoms with E-state index < -0.39 is 0 Å². The van der Waals surface area contributed by atoms with Gasteiger partial charge in [0, 0.05) is 18.0 Å². The summed E-state index contributed by atoms with van der Waals surface area (Å²) in [6.07, 6.45) is 18.0. The summed E-state index contributed by atoms with van der Waals surface area (Å²) in [5.74, 6) is 1.45. The lowest BCUT2D eigenvalue weighted by molar-refractivity contribution is 0.414. The molecular formula is C25H33N3O. The Hall–Kier alpha value is -2.49. The molecule has 0 aromatic carbocycles. The van der Waals surface area contributed by atoms with E-state index in [1.807, 2.05) is 12.3 Å². The van der Waals surface area contributed by atoms with Gasteiger partial charge in [-0.15, -0.1) is 0 Å². The van der Waals surface area contributed by atoms with Gasteiger partial charge in [-0.25, -0.2) is 0 Å². The summed E-state index contributed by atoms with van der Waals surface area (Å²) in [4.78, 5) is 11.8. The van der Waals surface area contributed by atoms with Gasteiger partial charge in [0.2, 0.25) is 0 Å². The van der Waals surface area contributed by atoms with Crippen LogP contribution in [-0.4, -0.2) is 22.8 Å². The lowest BCUT2D eigenvalue weighted by Crippen LogP contribution is -2.04. The second-order valence-electron chi connectivity index (χ2n) is 8.25. The average Bonchev–Trinajstić information content (AvgIpc) is 3.46. The maximum absolute atomic E-state index is 5.66. The fourth-order valence-corrected chi connectivity index (χ4v) is 4.57. The number of aliphatic imine (C=N–C) groups is 1. The average molecular weight is 392 g/mol. The number of methoxy groups -OCH3 is 1. The van der Waals surface area contributed by atoms with E-state index >= 15 is 0 Å². The van der Waals surface area contributed by atoms with Crippen molar-refractivity contribution in [2.24, 2.45) is 10.9 Å². The third kappa shape index (κ3) is 4.58.